The zero-order valence-electron chi connectivity index (χ0n) is 25.8. The molecule has 14 heteroatoms. The second-order valence-electron chi connectivity index (χ2n) is 12.2. The first-order chi connectivity index (χ1) is 22.5. The molecule has 5 heterocycles. The fourth-order valence-electron chi connectivity index (χ4n) is 7.49. The van der Waals surface area contributed by atoms with E-state index in [0.29, 0.717) is 51.6 Å². The molecule has 0 spiro atoms. The van der Waals surface area contributed by atoms with Gasteiger partial charge in [-0.05, 0) is 37.1 Å². The quantitative estimate of drug-likeness (QED) is 0.208. The Morgan fingerprint density at radius 1 is 1.21 bits per heavy atom. The summed E-state index contributed by atoms with van der Waals surface area (Å²) in [7, 11) is 5.15. The molecule has 3 aromatic heterocycles. The number of likely N-dealkylation sites (N-methyl/N-ethyl adjacent to an activating group) is 1. The second kappa shape index (κ2) is 11.3. The topological polar surface area (TPSA) is 125 Å². The number of likely N-dealkylation sites (tertiary alicyclic amines) is 1. The number of hydrogen-bond donors (Lipinski definition) is 1. The van der Waals surface area contributed by atoms with Gasteiger partial charge in [0.2, 0.25) is 11.1 Å². The first kappa shape index (κ1) is 30.6. The zero-order valence-corrected chi connectivity index (χ0v) is 26.5. The third-order valence-electron chi connectivity index (χ3n) is 9.56. The van der Waals surface area contributed by atoms with Crippen molar-refractivity contribution in [3.05, 3.63) is 75.0 Å². The summed E-state index contributed by atoms with van der Waals surface area (Å²) in [6.07, 6.45) is 4.94. The minimum absolute atomic E-state index is 0.125. The van der Waals surface area contributed by atoms with Gasteiger partial charge in [-0.3, -0.25) is 14.7 Å². The molecule has 1 N–H and O–H groups in total. The van der Waals surface area contributed by atoms with Crippen molar-refractivity contribution in [1.82, 2.24) is 19.4 Å². The standard InChI is InChI=1S/C33H29ClFN7O5/c1-36-28-22(35)9-24(41(4)33(46)47-15-34)18-8-23-27(26(18)28)29(42-6-5-16-12-39(2)14-25(16)42)20(11-37-23)17-7-19-30(43)21(32(44)45)13-40(3)31(19)38-10-17/h7,9-11,13,16,25H,5-6,8,12,14-15H2,2-4H3,(H,44,45)/t16-,25+/m0/s1. The molecule has 240 valence electrons. The summed E-state index contributed by atoms with van der Waals surface area (Å²) in [5, 5.41) is 9.81. The van der Waals surface area contributed by atoms with Gasteiger partial charge < -0.3 is 24.2 Å². The number of amides is 1. The molecule has 1 aromatic carbocycles. The predicted octanol–water partition coefficient (Wildman–Crippen LogP) is 4.86. The van der Waals surface area contributed by atoms with Crippen molar-refractivity contribution in [3.63, 3.8) is 0 Å². The van der Waals surface area contributed by atoms with Crippen molar-refractivity contribution < 1.29 is 23.8 Å². The number of aromatic nitrogens is 3. The Hall–Kier alpha value is -5.06. The van der Waals surface area contributed by atoms with Crippen LogP contribution in [0.2, 0.25) is 0 Å². The molecule has 2 aliphatic heterocycles. The number of anilines is 2. The lowest BCUT2D eigenvalue weighted by Crippen LogP contribution is -2.35. The maximum absolute atomic E-state index is 15.8. The van der Waals surface area contributed by atoms with Crippen LogP contribution < -0.4 is 15.2 Å². The molecular weight excluding hydrogens is 629 g/mol. The maximum atomic E-state index is 15.8. The molecule has 2 saturated heterocycles. The van der Waals surface area contributed by atoms with Crippen molar-refractivity contribution >= 4 is 51.8 Å². The van der Waals surface area contributed by atoms with E-state index in [1.807, 2.05) is 0 Å². The molecule has 2 atom stereocenters. The number of aryl methyl sites for hydroxylation is 1. The van der Waals surface area contributed by atoms with E-state index in [-0.39, 0.29) is 40.9 Å². The lowest BCUT2D eigenvalue weighted by molar-refractivity contribution is 0.0694. The first-order valence-electron chi connectivity index (χ1n) is 14.9. The van der Waals surface area contributed by atoms with Gasteiger partial charge in [0.1, 0.15) is 17.0 Å². The fraction of sp³-hybridized carbons (Fsp3) is 0.333. The number of alkyl halides is 1. The molecule has 12 nitrogen and oxygen atoms in total. The molecule has 3 aliphatic rings. The number of hydrogen-bond acceptors (Lipinski definition) is 8. The van der Waals surface area contributed by atoms with E-state index >= 15 is 4.39 Å². The largest absolute Gasteiger partial charge is 0.477 e. The molecule has 2 fully saturated rings. The van der Waals surface area contributed by atoms with Gasteiger partial charge in [0.25, 0.3) is 0 Å². The van der Waals surface area contributed by atoms with Gasteiger partial charge in [0, 0.05) is 87.0 Å². The Kier molecular flexibility index (Phi) is 7.37. The summed E-state index contributed by atoms with van der Waals surface area (Å²) in [4.78, 5) is 56.6. The van der Waals surface area contributed by atoms with Gasteiger partial charge >= 0.3 is 12.1 Å². The van der Waals surface area contributed by atoms with Gasteiger partial charge in [-0.25, -0.2) is 23.8 Å². The number of fused-ring (bicyclic) bond motifs is 5. The number of rotatable bonds is 5. The van der Waals surface area contributed by atoms with E-state index in [1.165, 1.54) is 22.7 Å². The number of ether oxygens (including phenoxy) is 1. The van der Waals surface area contributed by atoms with Crippen LogP contribution in [-0.2, 0) is 18.2 Å². The van der Waals surface area contributed by atoms with Crippen molar-refractivity contribution in [2.75, 3.05) is 49.6 Å². The smallest absolute Gasteiger partial charge is 0.415 e. The molecule has 0 saturated carbocycles. The highest BCUT2D eigenvalue weighted by molar-refractivity contribution is 6.17. The molecule has 0 radical (unpaired) electrons. The van der Waals surface area contributed by atoms with Crippen LogP contribution >= 0.6 is 11.6 Å². The summed E-state index contributed by atoms with van der Waals surface area (Å²) in [5.74, 6) is -1.75. The number of carboxylic acids is 1. The number of benzene rings is 1. The van der Waals surface area contributed by atoms with Crippen LogP contribution in [0.1, 0.15) is 28.0 Å². The van der Waals surface area contributed by atoms with Gasteiger partial charge in [-0.15, -0.1) is 0 Å². The minimum atomic E-state index is -1.34. The normalized spacial score (nSPS) is 18.2. The molecule has 1 amide bonds. The Balaban J connectivity index is 1.52. The summed E-state index contributed by atoms with van der Waals surface area (Å²) in [5.41, 5.74) is 3.32. The molecular formula is C33H29ClFN7O5. The molecule has 4 aromatic rings. The number of pyridine rings is 3. The maximum Gasteiger partial charge on any atom is 0.415 e. The monoisotopic (exact) mass is 657 g/mol. The van der Waals surface area contributed by atoms with E-state index in [2.05, 4.69) is 26.7 Å². The van der Waals surface area contributed by atoms with E-state index in [9.17, 15) is 19.5 Å². The van der Waals surface area contributed by atoms with Crippen LogP contribution in [0.3, 0.4) is 0 Å². The van der Waals surface area contributed by atoms with Crippen LogP contribution in [0.15, 0.2) is 35.5 Å². The number of aromatic carboxylic acids is 1. The van der Waals surface area contributed by atoms with Crippen molar-refractivity contribution in [2.45, 2.75) is 18.9 Å². The van der Waals surface area contributed by atoms with Crippen molar-refractivity contribution in [3.8, 4) is 22.3 Å². The first-order valence-corrected chi connectivity index (χ1v) is 15.5. The highest BCUT2D eigenvalue weighted by Gasteiger charge is 2.44. The summed E-state index contributed by atoms with van der Waals surface area (Å²) in [6.45, 7) is 10.4. The predicted molar refractivity (Wildman–Crippen MR) is 174 cm³/mol. The lowest BCUT2D eigenvalue weighted by atomic mass is 9.95. The number of nitrogens with zero attached hydrogens (tertiary/aromatic N) is 7. The van der Waals surface area contributed by atoms with Crippen LogP contribution in [0.25, 0.3) is 38.1 Å². The third kappa shape index (κ3) is 4.70. The molecule has 7 rings (SSSR count). The van der Waals surface area contributed by atoms with Crippen LogP contribution in [0, 0.1) is 18.3 Å². The Morgan fingerprint density at radius 3 is 2.72 bits per heavy atom. The van der Waals surface area contributed by atoms with E-state index < -0.39 is 23.3 Å². The van der Waals surface area contributed by atoms with Crippen molar-refractivity contribution in [2.24, 2.45) is 13.0 Å². The van der Waals surface area contributed by atoms with Crippen LogP contribution in [0.5, 0.6) is 0 Å². The number of carbonyl (C=O) groups excluding carboxylic acids is 1. The van der Waals surface area contributed by atoms with Gasteiger partial charge in [0.15, 0.2) is 6.07 Å². The Bertz CT molecular complexity index is 2130. The third-order valence-corrected chi connectivity index (χ3v) is 9.67. The SMILES string of the molecule is [C-]#[N+]c1c(F)cc(N(C)C(=O)OCCl)c2c1-c1c(ncc(-c3cnc4c(c3)c(=O)c(C(=O)O)cn4C)c1N1CC[C@H]3CN(C)C[C@H]31)C2. The molecule has 0 bridgehead atoms. The van der Waals surface area contributed by atoms with Gasteiger partial charge in [-0.1, -0.05) is 11.6 Å². The average molecular weight is 658 g/mol. The summed E-state index contributed by atoms with van der Waals surface area (Å²) in [6, 6.07) is 2.53. The Labute approximate surface area is 273 Å². The number of halogens is 2. The zero-order chi connectivity index (χ0) is 33.3. The molecule has 47 heavy (non-hydrogen) atoms. The van der Waals surface area contributed by atoms with Crippen LogP contribution in [-0.4, -0.2) is 82.4 Å². The second-order valence-corrected chi connectivity index (χ2v) is 12.4. The molecule has 0 unspecified atom stereocenters. The van der Waals surface area contributed by atoms with Crippen LogP contribution in [0.4, 0.5) is 26.2 Å². The minimum Gasteiger partial charge on any atom is -0.477 e. The lowest BCUT2D eigenvalue weighted by Gasteiger charge is -2.31. The number of carbonyl (C=O) groups is 2. The van der Waals surface area contributed by atoms with Gasteiger partial charge in [-0.2, -0.15) is 0 Å². The van der Waals surface area contributed by atoms with Crippen molar-refractivity contribution in [1.29, 1.82) is 0 Å². The highest BCUT2D eigenvalue weighted by Crippen LogP contribution is 2.54. The van der Waals surface area contributed by atoms with Gasteiger partial charge in [0.05, 0.1) is 29.0 Å². The van der Waals surface area contributed by atoms with E-state index in [1.54, 1.807) is 25.5 Å². The fourth-order valence-corrected chi connectivity index (χ4v) is 7.59. The highest BCUT2D eigenvalue weighted by atomic mass is 35.5. The average Bonchev–Trinajstić information content (AvgIpc) is 3.73. The van der Waals surface area contributed by atoms with E-state index in [4.69, 9.17) is 27.9 Å². The summed E-state index contributed by atoms with van der Waals surface area (Å²) < 4.78 is 22.3. The Morgan fingerprint density at radius 2 is 2.00 bits per heavy atom. The van der Waals surface area contributed by atoms with E-state index in [0.717, 1.165) is 31.3 Å². The number of carboxylic acid groups (broad SMARTS) is 1. The summed E-state index contributed by atoms with van der Waals surface area (Å²) >= 11 is 5.64. The molecule has 1 aliphatic carbocycles.